The average molecular weight is 372 g/mol. The second-order valence-electron chi connectivity index (χ2n) is 6.43. The highest BCUT2D eigenvalue weighted by Gasteiger charge is 2.34. The third-order valence-electron chi connectivity index (χ3n) is 4.84. The van der Waals surface area contributed by atoms with Gasteiger partial charge in [-0.05, 0) is 48.6 Å². The summed E-state index contributed by atoms with van der Waals surface area (Å²) < 4.78 is 25.1. The zero-order chi connectivity index (χ0) is 15.0. The number of halogens is 1. The molecule has 0 aromatic heterocycles. The number of hydrogen-bond donors (Lipinski definition) is 0. The minimum absolute atomic E-state index is 0.419. The van der Waals surface area contributed by atoms with Crippen molar-refractivity contribution in [3.05, 3.63) is 35.4 Å². The van der Waals surface area contributed by atoms with Crippen LogP contribution in [0.4, 0.5) is 0 Å². The first-order valence-electron chi connectivity index (χ1n) is 7.62. The molecule has 3 atom stereocenters. The summed E-state index contributed by atoms with van der Waals surface area (Å²) in [5.74, 6) is 1.08. The van der Waals surface area contributed by atoms with Gasteiger partial charge in [-0.25, -0.2) is 12.7 Å². The van der Waals surface area contributed by atoms with Gasteiger partial charge in [-0.1, -0.05) is 40.2 Å². The first-order valence-corrected chi connectivity index (χ1v) is 10.4. The summed E-state index contributed by atoms with van der Waals surface area (Å²) in [5, 5.41) is 0. The molecule has 1 heterocycles. The van der Waals surface area contributed by atoms with Crippen molar-refractivity contribution in [1.82, 2.24) is 4.31 Å². The Balaban J connectivity index is 1.66. The minimum Gasteiger partial charge on any atom is -0.213 e. The van der Waals surface area contributed by atoms with Crippen LogP contribution in [0.1, 0.15) is 35.2 Å². The zero-order valence-corrected chi connectivity index (χ0v) is 14.7. The van der Waals surface area contributed by atoms with Gasteiger partial charge in [-0.3, -0.25) is 0 Å². The first-order chi connectivity index (χ1) is 9.95. The summed E-state index contributed by atoms with van der Waals surface area (Å²) in [5.41, 5.74) is 2.86. The summed E-state index contributed by atoms with van der Waals surface area (Å²) in [7, 11) is -3.04. The molecule has 1 saturated heterocycles. The lowest BCUT2D eigenvalue weighted by Gasteiger charge is -2.32. The predicted molar refractivity (Wildman–Crippen MR) is 89.1 cm³/mol. The van der Waals surface area contributed by atoms with Crippen LogP contribution < -0.4 is 0 Å². The molecule has 0 N–H and O–H groups in total. The van der Waals surface area contributed by atoms with E-state index < -0.39 is 10.0 Å². The second kappa shape index (κ2) is 6.01. The van der Waals surface area contributed by atoms with Gasteiger partial charge in [-0.2, -0.15) is 0 Å². The number of alkyl halides is 1. The monoisotopic (exact) mass is 371 g/mol. The molecule has 1 aromatic carbocycles. The topological polar surface area (TPSA) is 37.4 Å². The van der Waals surface area contributed by atoms with E-state index in [0.717, 1.165) is 25.7 Å². The van der Waals surface area contributed by atoms with Gasteiger partial charge in [0.05, 0.1) is 6.26 Å². The van der Waals surface area contributed by atoms with Gasteiger partial charge >= 0.3 is 0 Å². The van der Waals surface area contributed by atoms with Gasteiger partial charge in [0.2, 0.25) is 10.0 Å². The third kappa shape index (κ3) is 3.35. The smallest absolute Gasteiger partial charge is 0.211 e. The fourth-order valence-corrected chi connectivity index (χ4v) is 5.57. The summed E-state index contributed by atoms with van der Waals surface area (Å²) in [4.78, 5) is 0.419. The van der Waals surface area contributed by atoms with Crippen LogP contribution in [0, 0.1) is 11.8 Å². The Labute approximate surface area is 135 Å². The lowest BCUT2D eigenvalue weighted by Crippen LogP contribution is -2.39. The summed E-state index contributed by atoms with van der Waals surface area (Å²) in [6.07, 6.45) is 5.69. The number of nitrogens with zero attached hydrogens (tertiary/aromatic N) is 1. The van der Waals surface area contributed by atoms with Gasteiger partial charge in [0.25, 0.3) is 0 Å². The second-order valence-corrected chi connectivity index (χ2v) is 9.40. The maximum atomic E-state index is 11.7. The lowest BCUT2D eigenvalue weighted by atomic mass is 9.87. The highest BCUT2D eigenvalue weighted by atomic mass is 79.9. The largest absolute Gasteiger partial charge is 0.213 e. The van der Waals surface area contributed by atoms with Crippen molar-refractivity contribution in [2.45, 2.75) is 30.5 Å². The third-order valence-corrected chi connectivity index (χ3v) is 7.35. The zero-order valence-electron chi connectivity index (χ0n) is 12.3. The molecule has 1 aromatic rings. The summed E-state index contributed by atoms with van der Waals surface area (Å²) >= 11 is 3.85. The fourth-order valence-electron chi connectivity index (χ4n) is 3.78. The molecule has 3 unspecified atom stereocenters. The number of sulfonamides is 1. The first kappa shape index (κ1) is 15.5. The molecule has 0 radical (unpaired) electrons. The Bertz CT molecular complexity index is 616. The van der Waals surface area contributed by atoms with Crippen molar-refractivity contribution in [1.29, 1.82) is 0 Å². The Morgan fingerprint density at radius 2 is 2.10 bits per heavy atom. The van der Waals surface area contributed by atoms with E-state index in [4.69, 9.17) is 0 Å². The van der Waals surface area contributed by atoms with Gasteiger partial charge in [0.15, 0.2) is 0 Å². The van der Waals surface area contributed by atoms with Crippen molar-refractivity contribution in [3.63, 3.8) is 0 Å². The quantitative estimate of drug-likeness (QED) is 0.763. The number of rotatable bonds is 3. The van der Waals surface area contributed by atoms with E-state index in [2.05, 4.69) is 40.2 Å². The normalized spacial score (nSPS) is 30.3. The van der Waals surface area contributed by atoms with Crippen LogP contribution in [0.5, 0.6) is 0 Å². The van der Waals surface area contributed by atoms with Crippen molar-refractivity contribution in [3.8, 4) is 0 Å². The van der Waals surface area contributed by atoms with Crippen LogP contribution in [0.2, 0.25) is 0 Å². The molecule has 1 aliphatic heterocycles. The van der Waals surface area contributed by atoms with Crippen LogP contribution >= 0.6 is 15.9 Å². The van der Waals surface area contributed by atoms with Crippen molar-refractivity contribution in [2.75, 3.05) is 19.3 Å². The van der Waals surface area contributed by atoms with Crippen LogP contribution in [-0.2, 0) is 16.4 Å². The molecule has 0 saturated carbocycles. The van der Waals surface area contributed by atoms with E-state index in [1.807, 2.05) is 0 Å². The number of fused-ring (bicyclic) bond motifs is 1. The molecule has 21 heavy (non-hydrogen) atoms. The number of benzene rings is 1. The van der Waals surface area contributed by atoms with E-state index in [0.29, 0.717) is 29.8 Å². The number of hydrogen-bond acceptors (Lipinski definition) is 2. The molecule has 0 spiro atoms. The van der Waals surface area contributed by atoms with E-state index in [9.17, 15) is 8.42 Å². The van der Waals surface area contributed by atoms with E-state index in [1.54, 1.807) is 4.31 Å². The van der Waals surface area contributed by atoms with Crippen LogP contribution in [-0.4, -0.2) is 32.1 Å². The molecule has 116 valence electrons. The Morgan fingerprint density at radius 1 is 1.33 bits per heavy atom. The maximum Gasteiger partial charge on any atom is 0.211 e. The Morgan fingerprint density at radius 3 is 2.81 bits per heavy atom. The van der Waals surface area contributed by atoms with Crippen LogP contribution in [0.15, 0.2) is 24.3 Å². The van der Waals surface area contributed by atoms with Crippen molar-refractivity contribution in [2.24, 2.45) is 11.8 Å². The lowest BCUT2D eigenvalue weighted by molar-refractivity contribution is 0.232. The average Bonchev–Trinajstić information content (AvgIpc) is 2.75. The van der Waals surface area contributed by atoms with E-state index in [1.165, 1.54) is 17.4 Å². The molecule has 0 bridgehead atoms. The van der Waals surface area contributed by atoms with Crippen LogP contribution in [0.25, 0.3) is 0 Å². The maximum absolute atomic E-state index is 11.7. The molecule has 0 amide bonds. The Kier molecular flexibility index (Phi) is 4.44. The predicted octanol–water partition coefficient (Wildman–Crippen LogP) is 3.36. The van der Waals surface area contributed by atoms with Gasteiger partial charge in [0, 0.05) is 17.9 Å². The molecular weight excluding hydrogens is 350 g/mol. The molecule has 5 heteroatoms. The minimum atomic E-state index is -3.04. The highest BCUT2D eigenvalue weighted by molar-refractivity contribution is 9.09. The van der Waals surface area contributed by atoms with Crippen molar-refractivity contribution < 1.29 is 8.42 Å². The van der Waals surface area contributed by atoms with Gasteiger partial charge < -0.3 is 0 Å². The fraction of sp³-hybridized carbons (Fsp3) is 0.625. The van der Waals surface area contributed by atoms with Gasteiger partial charge in [-0.15, -0.1) is 0 Å². The highest BCUT2D eigenvalue weighted by Crippen LogP contribution is 2.45. The number of piperidine rings is 1. The van der Waals surface area contributed by atoms with Crippen molar-refractivity contribution >= 4 is 26.0 Å². The summed E-state index contributed by atoms with van der Waals surface area (Å²) in [6, 6.07) is 8.63. The molecule has 3 nitrogen and oxygen atoms in total. The molecule has 1 aliphatic carbocycles. The van der Waals surface area contributed by atoms with E-state index in [-0.39, 0.29) is 0 Å². The van der Waals surface area contributed by atoms with Gasteiger partial charge in [0.1, 0.15) is 0 Å². The van der Waals surface area contributed by atoms with Crippen LogP contribution in [0.3, 0.4) is 0 Å². The molecule has 1 fully saturated rings. The molecular formula is C16H22BrNO2S. The SMILES string of the molecule is CS(=O)(=O)N1CCCC(CC2Cc3ccccc3C2Br)C1. The Hall–Kier alpha value is -0.390. The molecule has 3 rings (SSSR count). The van der Waals surface area contributed by atoms with E-state index >= 15 is 0 Å². The summed E-state index contributed by atoms with van der Waals surface area (Å²) in [6.45, 7) is 1.39. The standard InChI is InChI=1S/C16H22BrNO2S/c1-21(19,20)18-8-4-5-12(11-18)9-14-10-13-6-2-3-7-15(13)16(14)17/h2-3,6-7,12,14,16H,4-5,8-11H2,1H3. The molecule has 2 aliphatic rings.